The summed E-state index contributed by atoms with van der Waals surface area (Å²) in [6.07, 6.45) is 10.9. The molecule has 3 aromatic heterocycles. The highest BCUT2D eigenvalue weighted by Crippen LogP contribution is 2.41. The number of likely N-dealkylation sites (tertiary alicyclic amines) is 2. The number of thioether (sulfide) groups is 2. The van der Waals surface area contributed by atoms with Gasteiger partial charge in [-0.25, -0.2) is 38.5 Å². The molecule has 60 heavy (non-hydrogen) atoms. The number of ketones is 1. The first-order valence-electron chi connectivity index (χ1n) is 19.2. The zero-order valence-electron chi connectivity index (χ0n) is 33.7. The van der Waals surface area contributed by atoms with Crippen molar-refractivity contribution in [2.75, 3.05) is 52.3 Å². The SMILES string of the molecule is CCOC(=O)N1CCC(c2nc(-c3ccc(F)cc3)c(-c3ccnc(SC)n3)s2)CC1.CN1CCC(C(N)=S)CC1.CSc1nccc(C(Br)C(=O)c2ccc(F)cc2)n1. The maximum absolute atomic E-state index is 13.5. The van der Waals surface area contributed by atoms with Crippen LogP contribution >= 0.6 is 63.0 Å². The summed E-state index contributed by atoms with van der Waals surface area (Å²) in [6, 6.07) is 15.4. The van der Waals surface area contributed by atoms with Crippen LogP contribution in [0.5, 0.6) is 0 Å². The number of ether oxygens (including phenoxy) is 1. The summed E-state index contributed by atoms with van der Waals surface area (Å²) in [4.78, 5) is 51.6. The van der Waals surface area contributed by atoms with E-state index in [2.05, 4.69) is 47.8 Å². The van der Waals surface area contributed by atoms with Crippen LogP contribution in [0.2, 0.25) is 0 Å². The maximum atomic E-state index is 13.5. The molecule has 5 heterocycles. The van der Waals surface area contributed by atoms with E-state index in [9.17, 15) is 18.4 Å². The van der Waals surface area contributed by atoms with Crippen LogP contribution in [-0.2, 0) is 4.74 Å². The van der Waals surface area contributed by atoms with Crippen LogP contribution in [0.25, 0.3) is 21.8 Å². The lowest BCUT2D eigenvalue weighted by Gasteiger charge is -2.30. The Bertz CT molecular complexity index is 2190. The molecule has 0 spiro atoms. The lowest BCUT2D eigenvalue weighted by molar-refractivity contribution is 0.0968. The van der Waals surface area contributed by atoms with Crippen LogP contribution in [0.1, 0.15) is 64.4 Å². The van der Waals surface area contributed by atoms with Gasteiger partial charge in [0.05, 0.1) is 38.6 Å². The van der Waals surface area contributed by atoms with Crippen LogP contribution < -0.4 is 5.73 Å². The molecule has 2 aromatic carbocycles. The predicted octanol–water partition coefficient (Wildman–Crippen LogP) is 9.73. The fourth-order valence-corrected chi connectivity index (χ4v) is 9.06. The van der Waals surface area contributed by atoms with Crippen molar-refractivity contribution >= 4 is 79.9 Å². The summed E-state index contributed by atoms with van der Waals surface area (Å²) in [7, 11) is 2.13. The standard InChI is InChI=1S/C22H23FN4O2S2.C13H10BrFN2OS.C7H14N2S/c1-3-29-22(28)27-12-9-15(10-13-27)20-26-18(14-4-6-16(23)7-5-14)19(31-20)17-8-11-24-21(25-17)30-2;1-19-13-16-7-6-10(17-13)11(14)12(18)8-2-4-9(15)5-3-8;1-9-4-2-6(3-5-9)7(8)10/h4-8,11,15H,3,9-10,12-13H2,1-2H3;2-7,11H,1H3;6H,2-5H2,1H3,(H2,8,10). The fourth-order valence-electron chi connectivity index (χ4n) is 6.36. The molecule has 0 aliphatic carbocycles. The third-order valence-electron chi connectivity index (χ3n) is 9.76. The summed E-state index contributed by atoms with van der Waals surface area (Å²) < 4.78 is 31.4. The lowest BCUT2D eigenvalue weighted by Crippen LogP contribution is -2.38. The lowest BCUT2D eigenvalue weighted by atomic mass is 9.97. The Balaban J connectivity index is 0.000000198. The Labute approximate surface area is 375 Å². The highest BCUT2D eigenvalue weighted by molar-refractivity contribution is 9.09. The summed E-state index contributed by atoms with van der Waals surface area (Å²) in [5.41, 5.74) is 9.02. The molecule has 1 amide bonds. The summed E-state index contributed by atoms with van der Waals surface area (Å²) in [5.74, 6) is -0.0457. The molecule has 5 aromatic rings. The third kappa shape index (κ3) is 13.3. The zero-order valence-corrected chi connectivity index (χ0v) is 38.6. The Morgan fingerprint density at radius 3 is 2.05 bits per heavy atom. The van der Waals surface area contributed by atoms with Crippen LogP contribution in [-0.4, -0.2) is 104 Å². The molecule has 2 saturated heterocycles. The topological polar surface area (TPSA) is 140 Å². The highest BCUT2D eigenvalue weighted by atomic mass is 79.9. The average molecular weight is 958 g/mol. The van der Waals surface area contributed by atoms with Crippen molar-refractivity contribution in [3.05, 3.63) is 101 Å². The number of alkyl halides is 1. The molecule has 0 saturated carbocycles. The molecule has 2 aliphatic rings. The quantitative estimate of drug-likeness (QED) is 0.0468. The van der Waals surface area contributed by atoms with Gasteiger partial charge in [0, 0.05) is 48.4 Å². The van der Waals surface area contributed by atoms with Crippen molar-refractivity contribution in [3.8, 4) is 21.8 Å². The number of carbonyl (C=O) groups excluding carboxylic acids is 2. The second-order valence-electron chi connectivity index (χ2n) is 13.8. The molecule has 7 rings (SSSR count). The van der Waals surface area contributed by atoms with E-state index in [0.29, 0.717) is 52.2 Å². The molecule has 318 valence electrons. The van der Waals surface area contributed by atoms with E-state index in [4.69, 9.17) is 27.7 Å². The van der Waals surface area contributed by atoms with Crippen LogP contribution in [0.3, 0.4) is 0 Å². The number of piperidine rings is 2. The second kappa shape index (κ2) is 23.3. The van der Waals surface area contributed by atoms with Crippen molar-refractivity contribution < 1.29 is 23.1 Å². The van der Waals surface area contributed by atoms with E-state index in [1.165, 1.54) is 59.9 Å². The molecule has 0 radical (unpaired) electrons. The summed E-state index contributed by atoms with van der Waals surface area (Å²) in [5, 5.41) is 2.32. The Morgan fingerprint density at radius 2 is 1.47 bits per heavy atom. The van der Waals surface area contributed by atoms with Gasteiger partial charge in [0.25, 0.3) is 0 Å². The van der Waals surface area contributed by atoms with Gasteiger partial charge in [0.1, 0.15) is 16.5 Å². The minimum absolute atomic E-state index is 0.161. The Kier molecular flexibility index (Phi) is 18.3. The predicted molar refractivity (Wildman–Crippen MR) is 244 cm³/mol. The van der Waals surface area contributed by atoms with Gasteiger partial charge in [-0.1, -0.05) is 51.7 Å². The number of thiocarbonyl (C=S) groups is 1. The number of amides is 1. The number of Topliss-reactive ketones (excluding diaryl/α,β-unsaturated/α-hetero) is 1. The van der Waals surface area contributed by atoms with Gasteiger partial charge in [0.2, 0.25) is 0 Å². The number of thiazole rings is 1. The highest BCUT2D eigenvalue weighted by Gasteiger charge is 2.28. The molecule has 11 nitrogen and oxygen atoms in total. The monoisotopic (exact) mass is 956 g/mol. The van der Waals surface area contributed by atoms with Crippen LogP contribution in [0.15, 0.2) is 83.4 Å². The number of hydrogen-bond donors (Lipinski definition) is 1. The summed E-state index contributed by atoms with van der Waals surface area (Å²) in [6.45, 7) is 5.77. The minimum atomic E-state index is -0.563. The minimum Gasteiger partial charge on any atom is -0.450 e. The Hall–Kier alpha value is -3.94. The van der Waals surface area contributed by atoms with E-state index in [1.807, 2.05) is 25.5 Å². The van der Waals surface area contributed by atoms with E-state index < -0.39 is 4.83 Å². The largest absolute Gasteiger partial charge is 0.450 e. The normalized spacial score (nSPS) is 15.2. The number of rotatable bonds is 10. The van der Waals surface area contributed by atoms with Gasteiger partial charge in [-0.05, 0) is 126 Å². The molecule has 2 aliphatic heterocycles. The number of halogens is 3. The van der Waals surface area contributed by atoms with Gasteiger partial charge in [-0.15, -0.1) is 11.3 Å². The number of benzene rings is 2. The molecule has 2 fully saturated rings. The van der Waals surface area contributed by atoms with Crippen molar-refractivity contribution in [1.82, 2.24) is 34.7 Å². The smallest absolute Gasteiger partial charge is 0.409 e. The Morgan fingerprint density at radius 1 is 0.883 bits per heavy atom. The van der Waals surface area contributed by atoms with Crippen molar-refractivity contribution in [1.29, 1.82) is 0 Å². The average Bonchev–Trinajstić information content (AvgIpc) is 3.73. The molecule has 18 heteroatoms. The van der Waals surface area contributed by atoms with E-state index in [0.717, 1.165) is 65.6 Å². The number of nitrogens with two attached hydrogens (primary N) is 1. The summed E-state index contributed by atoms with van der Waals surface area (Å²) >= 11 is 12.8. The first-order valence-corrected chi connectivity index (χ1v) is 23.8. The fraction of sp³-hybridized carbons (Fsp3) is 0.381. The molecule has 1 atom stereocenters. The van der Waals surface area contributed by atoms with Gasteiger partial charge in [-0.3, -0.25) is 4.79 Å². The van der Waals surface area contributed by atoms with Gasteiger partial charge >= 0.3 is 6.09 Å². The van der Waals surface area contributed by atoms with Crippen LogP contribution in [0, 0.1) is 17.6 Å². The number of nitrogens with zero attached hydrogens (tertiary/aromatic N) is 7. The molecule has 2 N–H and O–H groups in total. The van der Waals surface area contributed by atoms with Gasteiger partial charge in [-0.2, -0.15) is 0 Å². The van der Waals surface area contributed by atoms with Gasteiger partial charge in [0.15, 0.2) is 16.1 Å². The van der Waals surface area contributed by atoms with Crippen molar-refractivity contribution in [2.24, 2.45) is 11.7 Å². The van der Waals surface area contributed by atoms with Crippen molar-refractivity contribution in [2.45, 2.75) is 53.7 Å². The van der Waals surface area contributed by atoms with E-state index in [1.54, 1.807) is 46.8 Å². The van der Waals surface area contributed by atoms with Crippen LogP contribution in [0.4, 0.5) is 13.6 Å². The third-order valence-corrected chi connectivity index (χ3v) is 13.3. The molecule has 0 bridgehead atoms. The van der Waals surface area contributed by atoms with Gasteiger partial charge < -0.3 is 20.3 Å². The van der Waals surface area contributed by atoms with E-state index >= 15 is 0 Å². The molecular weight excluding hydrogens is 911 g/mol. The second-order valence-corrected chi connectivity index (χ2v) is 17.8. The zero-order chi connectivity index (χ0) is 43.2. The number of carbonyl (C=O) groups is 2. The first-order chi connectivity index (χ1) is 28.9. The maximum Gasteiger partial charge on any atom is 0.409 e. The first kappa shape index (κ1) is 47.1. The number of hydrogen-bond acceptors (Lipinski definition) is 13. The number of aromatic nitrogens is 5. The van der Waals surface area contributed by atoms with E-state index in [-0.39, 0.29) is 29.4 Å². The molecular formula is C42H47BrF2N8O3S4. The van der Waals surface area contributed by atoms with Crippen molar-refractivity contribution in [3.63, 3.8) is 0 Å². The molecule has 1 unspecified atom stereocenters.